The summed E-state index contributed by atoms with van der Waals surface area (Å²) in [7, 11) is 1.47. The molecule has 3 rings (SSSR count). The number of anilines is 1. The van der Waals surface area contributed by atoms with E-state index in [1.807, 2.05) is 6.20 Å². The second-order valence-electron chi connectivity index (χ2n) is 7.88. The molecule has 0 spiro atoms. The van der Waals surface area contributed by atoms with Gasteiger partial charge in [0, 0.05) is 38.9 Å². The number of hydrogen-bond donors (Lipinski definition) is 1. The molecule has 0 unspecified atom stereocenters. The van der Waals surface area contributed by atoms with Crippen molar-refractivity contribution in [2.24, 2.45) is 10.9 Å². The van der Waals surface area contributed by atoms with E-state index in [4.69, 9.17) is 9.73 Å². The zero-order chi connectivity index (χ0) is 20.5. The van der Waals surface area contributed by atoms with Crippen LogP contribution in [0.5, 0.6) is 0 Å². The number of rotatable bonds is 5. The van der Waals surface area contributed by atoms with Crippen LogP contribution in [0.15, 0.2) is 23.3 Å². The Balaban J connectivity index is 0.00000320. The SMILES string of the molecule is CCNC(=NCc1ccnc(N2CCCCCC2)c1)N1CCC(C(=O)OC)CC1.I. The Labute approximate surface area is 197 Å². The first-order valence-corrected chi connectivity index (χ1v) is 11.0. The first-order chi connectivity index (χ1) is 14.2. The number of ether oxygens (including phenoxy) is 1. The van der Waals surface area contributed by atoms with Crippen molar-refractivity contribution >= 4 is 41.7 Å². The standard InChI is InChI=1S/C22H35N5O2.HI/c1-3-23-22(27-14-9-19(10-15-27)21(28)29-2)25-17-18-8-11-24-20(16-18)26-12-6-4-5-7-13-26;/h8,11,16,19H,3-7,9-10,12-15,17H2,1-2H3,(H,23,25);1H. The Hall–Kier alpha value is -1.58. The second-order valence-corrected chi connectivity index (χ2v) is 7.88. The molecule has 30 heavy (non-hydrogen) atoms. The van der Waals surface area contributed by atoms with Gasteiger partial charge in [0.2, 0.25) is 0 Å². The molecule has 2 aliphatic heterocycles. The predicted octanol–water partition coefficient (Wildman–Crippen LogP) is 3.43. The molecule has 8 heteroatoms. The van der Waals surface area contributed by atoms with Gasteiger partial charge in [-0.15, -0.1) is 24.0 Å². The number of aliphatic imine (C=N–C) groups is 1. The van der Waals surface area contributed by atoms with Gasteiger partial charge >= 0.3 is 5.97 Å². The largest absolute Gasteiger partial charge is 0.469 e. The maximum atomic E-state index is 11.8. The number of pyridine rings is 1. The summed E-state index contributed by atoms with van der Waals surface area (Å²) in [6, 6.07) is 4.24. The summed E-state index contributed by atoms with van der Waals surface area (Å²) >= 11 is 0. The van der Waals surface area contributed by atoms with Crippen molar-refractivity contribution in [3.05, 3.63) is 23.9 Å². The van der Waals surface area contributed by atoms with Gasteiger partial charge < -0.3 is 19.9 Å². The maximum absolute atomic E-state index is 11.8. The van der Waals surface area contributed by atoms with E-state index in [0.717, 1.165) is 57.3 Å². The molecule has 1 aromatic heterocycles. The maximum Gasteiger partial charge on any atom is 0.308 e. The van der Waals surface area contributed by atoms with Crippen LogP contribution in [0, 0.1) is 5.92 Å². The van der Waals surface area contributed by atoms with Gasteiger partial charge in [-0.1, -0.05) is 12.8 Å². The lowest BCUT2D eigenvalue weighted by molar-refractivity contribution is -0.146. The van der Waals surface area contributed by atoms with Gasteiger partial charge in [-0.3, -0.25) is 4.79 Å². The molecule has 1 N–H and O–H groups in total. The number of aromatic nitrogens is 1. The monoisotopic (exact) mass is 529 g/mol. The number of nitrogens with zero attached hydrogens (tertiary/aromatic N) is 4. The summed E-state index contributed by atoms with van der Waals surface area (Å²) in [5, 5.41) is 3.40. The summed E-state index contributed by atoms with van der Waals surface area (Å²) in [5.74, 6) is 1.91. The Morgan fingerprint density at radius 3 is 2.53 bits per heavy atom. The number of carbonyl (C=O) groups is 1. The number of hydrogen-bond acceptors (Lipinski definition) is 5. The Morgan fingerprint density at radius 2 is 1.90 bits per heavy atom. The van der Waals surface area contributed by atoms with Crippen LogP contribution in [0.2, 0.25) is 0 Å². The average Bonchev–Trinajstić information content (AvgIpc) is 3.06. The minimum absolute atomic E-state index is 0. The van der Waals surface area contributed by atoms with Crippen molar-refractivity contribution in [1.82, 2.24) is 15.2 Å². The normalized spacial score (nSPS) is 18.4. The molecule has 2 saturated heterocycles. The number of halogens is 1. The smallest absolute Gasteiger partial charge is 0.308 e. The molecular weight excluding hydrogens is 493 g/mol. The summed E-state index contributed by atoms with van der Waals surface area (Å²) in [5.41, 5.74) is 1.18. The van der Waals surface area contributed by atoms with E-state index in [9.17, 15) is 4.79 Å². The van der Waals surface area contributed by atoms with E-state index in [-0.39, 0.29) is 35.9 Å². The summed E-state index contributed by atoms with van der Waals surface area (Å²) in [6.07, 6.45) is 8.65. The van der Waals surface area contributed by atoms with Crippen molar-refractivity contribution in [2.45, 2.75) is 52.0 Å². The highest BCUT2D eigenvalue weighted by molar-refractivity contribution is 14.0. The lowest BCUT2D eigenvalue weighted by Gasteiger charge is -2.33. The first-order valence-electron chi connectivity index (χ1n) is 11.0. The average molecular weight is 529 g/mol. The highest BCUT2D eigenvalue weighted by atomic mass is 127. The molecule has 0 aliphatic carbocycles. The second kappa shape index (κ2) is 13.0. The van der Waals surface area contributed by atoms with Crippen molar-refractivity contribution in [2.75, 3.05) is 44.7 Å². The van der Waals surface area contributed by atoms with Gasteiger partial charge in [0.15, 0.2) is 5.96 Å². The third-order valence-corrected chi connectivity index (χ3v) is 5.82. The number of guanidine groups is 1. The molecule has 0 amide bonds. The molecule has 0 radical (unpaired) electrons. The van der Waals surface area contributed by atoms with Crippen molar-refractivity contribution in [3.63, 3.8) is 0 Å². The summed E-state index contributed by atoms with van der Waals surface area (Å²) in [4.78, 5) is 25.9. The third kappa shape index (κ3) is 6.99. The molecule has 3 heterocycles. The minimum Gasteiger partial charge on any atom is -0.469 e. The number of likely N-dealkylation sites (tertiary alicyclic amines) is 1. The summed E-state index contributed by atoms with van der Waals surface area (Å²) in [6.45, 7) is 7.37. The van der Waals surface area contributed by atoms with Crippen molar-refractivity contribution < 1.29 is 9.53 Å². The van der Waals surface area contributed by atoms with E-state index in [0.29, 0.717) is 6.54 Å². The van der Waals surface area contributed by atoms with Crippen LogP contribution >= 0.6 is 24.0 Å². The fourth-order valence-corrected chi connectivity index (χ4v) is 4.12. The Bertz CT molecular complexity index is 684. The molecule has 2 aliphatic rings. The summed E-state index contributed by atoms with van der Waals surface area (Å²) < 4.78 is 4.89. The van der Waals surface area contributed by atoms with Gasteiger partial charge in [-0.05, 0) is 50.3 Å². The number of nitrogens with one attached hydrogen (secondary N) is 1. The van der Waals surface area contributed by atoms with Gasteiger partial charge in [-0.2, -0.15) is 0 Å². The zero-order valence-electron chi connectivity index (χ0n) is 18.3. The fraction of sp³-hybridized carbons (Fsp3) is 0.682. The molecule has 2 fully saturated rings. The molecule has 7 nitrogen and oxygen atoms in total. The van der Waals surface area contributed by atoms with Crippen LogP contribution < -0.4 is 10.2 Å². The predicted molar refractivity (Wildman–Crippen MR) is 131 cm³/mol. The van der Waals surface area contributed by atoms with Crippen LogP contribution in [0.4, 0.5) is 5.82 Å². The van der Waals surface area contributed by atoms with Gasteiger partial charge in [0.05, 0.1) is 19.6 Å². The minimum atomic E-state index is -0.0931. The molecular formula is C22H36IN5O2. The van der Waals surface area contributed by atoms with E-state index < -0.39 is 0 Å². The molecule has 0 aromatic carbocycles. The lowest BCUT2D eigenvalue weighted by Crippen LogP contribution is -2.46. The number of carbonyl (C=O) groups excluding carboxylic acids is 1. The van der Waals surface area contributed by atoms with E-state index in [1.54, 1.807) is 0 Å². The number of methoxy groups -OCH3 is 1. The van der Waals surface area contributed by atoms with E-state index in [2.05, 4.69) is 39.2 Å². The van der Waals surface area contributed by atoms with E-state index in [1.165, 1.54) is 38.4 Å². The van der Waals surface area contributed by atoms with Gasteiger partial charge in [0.1, 0.15) is 5.82 Å². The van der Waals surface area contributed by atoms with Crippen molar-refractivity contribution in [1.29, 1.82) is 0 Å². The quantitative estimate of drug-likeness (QED) is 0.273. The Kier molecular flexibility index (Phi) is 10.7. The molecule has 1 aromatic rings. The van der Waals surface area contributed by atoms with Crippen LogP contribution in [-0.2, 0) is 16.1 Å². The van der Waals surface area contributed by atoms with Crippen LogP contribution in [0.25, 0.3) is 0 Å². The van der Waals surface area contributed by atoms with Crippen LogP contribution in [0.1, 0.15) is 51.0 Å². The highest BCUT2D eigenvalue weighted by Gasteiger charge is 2.27. The highest BCUT2D eigenvalue weighted by Crippen LogP contribution is 2.20. The Morgan fingerprint density at radius 1 is 1.20 bits per heavy atom. The van der Waals surface area contributed by atoms with Crippen molar-refractivity contribution in [3.8, 4) is 0 Å². The van der Waals surface area contributed by atoms with E-state index >= 15 is 0 Å². The number of piperidine rings is 1. The fourth-order valence-electron chi connectivity index (χ4n) is 4.12. The number of esters is 1. The topological polar surface area (TPSA) is 70.1 Å². The zero-order valence-corrected chi connectivity index (χ0v) is 20.6. The molecule has 0 bridgehead atoms. The van der Waals surface area contributed by atoms with Crippen LogP contribution in [0.3, 0.4) is 0 Å². The van der Waals surface area contributed by atoms with Crippen LogP contribution in [-0.4, -0.2) is 61.6 Å². The lowest BCUT2D eigenvalue weighted by atomic mass is 9.97. The molecule has 0 atom stereocenters. The molecule has 168 valence electrons. The van der Waals surface area contributed by atoms with Gasteiger partial charge in [0.25, 0.3) is 0 Å². The molecule has 0 saturated carbocycles. The van der Waals surface area contributed by atoms with Gasteiger partial charge in [-0.25, -0.2) is 9.98 Å². The first kappa shape index (κ1) is 24.7. The third-order valence-electron chi connectivity index (χ3n) is 5.82.